The van der Waals surface area contributed by atoms with Gasteiger partial charge < -0.3 is 5.32 Å². The van der Waals surface area contributed by atoms with E-state index in [0.29, 0.717) is 6.04 Å². The van der Waals surface area contributed by atoms with Crippen LogP contribution >= 0.6 is 11.3 Å². The molecule has 1 aromatic heterocycles. The normalized spacial score (nSPS) is 16.4. The lowest BCUT2D eigenvalue weighted by Crippen LogP contribution is -2.38. The van der Waals surface area contributed by atoms with E-state index < -0.39 is 0 Å². The molecule has 0 unspecified atom stereocenters. The average Bonchev–Trinajstić information content (AvgIpc) is 2.82. The lowest BCUT2D eigenvalue weighted by Gasteiger charge is -2.27. The Bertz CT molecular complexity index is 331. The smallest absolute Gasteiger partial charge is 0.0245 e. The molecule has 17 heavy (non-hydrogen) atoms. The molecule has 2 heterocycles. The lowest BCUT2D eigenvalue weighted by atomic mass is 10.1. The zero-order valence-electron chi connectivity index (χ0n) is 11.0. The van der Waals surface area contributed by atoms with Crippen molar-refractivity contribution in [1.82, 2.24) is 10.2 Å². The van der Waals surface area contributed by atoms with E-state index in [0.717, 1.165) is 13.1 Å². The third kappa shape index (κ3) is 3.54. The van der Waals surface area contributed by atoms with Crippen molar-refractivity contribution in [2.24, 2.45) is 0 Å². The van der Waals surface area contributed by atoms with Crippen molar-refractivity contribution in [2.75, 3.05) is 19.6 Å². The predicted molar refractivity (Wildman–Crippen MR) is 75.7 cm³/mol. The summed E-state index contributed by atoms with van der Waals surface area (Å²) in [5.41, 5.74) is 1.56. The predicted octanol–water partition coefficient (Wildman–Crippen LogP) is 2.88. The van der Waals surface area contributed by atoms with Gasteiger partial charge >= 0.3 is 0 Å². The van der Waals surface area contributed by atoms with Crippen LogP contribution < -0.4 is 5.32 Å². The minimum Gasteiger partial charge on any atom is -0.313 e. The Morgan fingerprint density at radius 2 is 2.24 bits per heavy atom. The summed E-state index contributed by atoms with van der Waals surface area (Å²) in [4.78, 5) is 4.18. The molecule has 2 rings (SSSR count). The Hall–Kier alpha value is -0.380. The van der Waals surface area contributed by atoms with Gasteiger partial charge in [-0.2, -0.15) is 0 Å². The monoisotopic (exact) mass is 252 g/mol. The van der Waals surface area contributed by atoms with Crippen LogP contribution in [0.2, 0.25) is 0 Å². The fourth-order valence-electron chi connectivity index (χ4n) is 2.50. The van der Waals surface area contributed by atoms with Gasteiger partial charge in [-0.15, -0.1) is 11.3 Å². The Balaban J connectivity index is 1.71. The summed E-state index contributed by atoms with van der Waals surface area (Å²) in [6.07, 6.45) is 3.73. The first-order chi connectivity index (χ1) is 8.33. The molecule has 0 radical (unpaired) electrons. The zero-order valence-corrected chi connectivity index (χ0v) is 11.9. The van der Waals surface area contributed by atoms with Crippen LogP contribution in [0.5, 0.6) is 0 Å². The van der Waals surface area contributed by atoms with Gasteiger partial charge in [-0.05, 0) is 36.3 Å². The summed E-state index contributed by atoms with van der Waals surface area (Å²) < 4.78 is 0. The molecule has 1 aliphatic rings. The van der Waals surface area contributed by atoms with Gasteiger partial charge in [0.25, 0.3) is 0 Å². The molecule has 0 atom stereocenters. The van der Waals surface area contributed by atoms with Crippen LogP contribution in [0.15, 0.2) is 11.4 Å². The quantitative estimate of drug-likeness (QED) is 0.837. The van der Waals surface area contributed by atoms with Gasteiger partial charge in [-0.3, -0.25) is 4.90 Å². The Labute approximate surface area is 109 Å². The maximum Gasteiger partial charge on any atom is 0.0245 e. The van der Waals surface area contributed by atoms with Gasteiger partial charge in [0.1, 0.15) is 0 Å². The largest absolute Gasteiger partial charge is 0.313 e. The maximum atomic E-state index is 3.65. The van der Waals surface area contributed by atoms with Crippen LogP contribution in [0.1, 0.15) is 37.1 Å². The molecule has 0 bridgehead atoms. The van der Waals surface area contributed by atoms with Gasteiger partial charge in [0, 0.05) is 37.1 Å². The Morgan fingerprint density at radius 1 is 1.41 bits per heavy atom. The third-order valence-corrected chi connectivity index (χ3v) is 4.76. The molecule has 0 aliphatic carbocycles. The molecule has 0 saturated heterocycles. The first kappa shape index (κ1) is 13.1. The molecule has 0 amide bonds. The third-order valence-electron chi connectivity index (χ3n) is 3.73. The second-order valence-corrected chi connectivity index (χ2v) is 5.86. The summed E-state index contributed by atoms with van der Waals surface area (Å²) in [5.74, 6) is 0. The standard InChI is InChI=1S/C14H24N2S/c1-3-13(4-2)15-7-9-16-8-5-14-12(11-16)6-10-17-14/h6,10,13,15H,3-5,7-9,11H2,1-2H3. The van der Waals surface area contributed by atoms with E-state index in [-0.39, 0.29) is 0 Å². The summed E-state index contributed by atoms with van der Waals surface area (Å²) >= 11 is 1.92. The molecule has 1 aliphatic heterocycles. The van der Waals surface area contributed by atoms with E-state index in [2.05, 4.69) is 35.5 Å². The number of fused-ring (bicyclic) bond motifs is 1. The van der Waals surface area contributed by atoms with Gasteiger partial charge in [0.05, 0.1) is 0 Å². The van der Waals surface area contributed by atoms with Crippen molar-refractivity contribution in [2.45, 2.75) is 45.7 Å². The maximum absolute atomic E-state index is 3.65. The van der Waals surface area contributed by atoms with E-state index in [4.69, 9.17) is 0 Å². The highest BCUT2D eigenvalue weighted by Crippen LogP contribution is 2.23. The second-order valence-electron chi connectivity index (χ2n) is 4.86. The topological polar surface area (TPSA) is 15.3 Å². The minimum atomic E-state index is 0.705. The lowest BCUT2D eigenvalue weighted by molar-refractivity contribution is 0.251. The number of hydrogen-bond acceptors (Lipinski definition) is 3. The molecular weight excluding hydrogens is 228 g/mol. The molecule has 3 heteroatoms. The minimum absolute atomic E-state index is 0.705. The molecule has 2 nitrogen and oxygen atoms in total. The van der Waals surface area contributed by atoms with Crippen LogP contribution in [-0.4, -0.2) is 30.6 Å². The highest BCUT2D eigenvalue weighted by molar-refractivity contribution is 7.10. The molecule has 0 spiro atoms. The summed E-state index contributed by atoms with van der Waals surface area (Å²) in [5, 5.41) is 5.88. The number of rotatable bonds is 6. The van der Waals surface area contributed by atoms with Crippen molar-refractivity contribution in [1.29, 1.82) is 0 Å². The number of hydrogen-bond donors (Lipinski definition) is 1. The van der Waals surface area contributed by atoms with Gasteiger partial charge in [0.2, 0.25) is 0 Å². The number of nitrogens with zero attached hydrogens (tertiary/aromatic N) is 1. The fraction of sp³-hybridized carbons (Fsp3) is 0.714. The summed E-state index contributed by atoms with van der Waals surface area (Å²) in [7, 11) is 0. The fourth-order valence-corrected chi connectivity index (χ4v) is 3.39. The molecule has 0 aromatic carbocycles. The second kappa shape index (κ2) is 6.53. The van der Waals surface area contributed by atoms with Gasteiger partial charge in [-0.1, -0.05) is 13.8 Å². The highest BCUT2D eigenvalue weighted by atomic mass is 32.1. The molecule has 1 N–H and O–H groups in total. The van der Waals surface area contributed by atoms with E-state index in [1.807, 2.05) is 11.3 Å². The number of nitrogens with one attached hydrogen (secondary N) is 1. The van der Waals surface area contributed by atoms with Crippen LogP contribution in [-0.2, 0) is 13.0 Å². The van der Waals surface area contributed by atoms with Crippen molar-refractivity contribution in [3.8, 4) is 0 Å². The Kier molecular flexibility index (Phi) is 5.01. The molecule has 96 valence electrons. The highest BCUT2D eigenvalue weighted by Gasteiger charge is 2.16. The van der Waals surface area contributed by atoms with Crippen LogP contribution in [0.25, 0.3) is 0 Å². The van der Waals surface area contributed by atoms with Crippen LogP contribution in [0.4, 0.5) is 0 Å². The molecule has 0 saturated carbocycles. The van der Waals surface area contributed by atoms with E-state index in [9.17, 15) is 0 Å². The van der Waals surface area contributed by atoms with Crippen molar-refractivity contribution in [3.63, 3.8) is 0 Å². The SMILES string of the molecule is CCC(CC)NCCN1CCc2sccc2C1. The van der Waals surface area contributed by atoms with Crippen molar-refractivity contribution in [3.05, 3.63) is 21.9 Å². The molecule has 0 fully saturated rings. The summed E-state index contributed by atoms with van der Waals surface area (Å²) in [6, 6.07) is 3.00. The first-order valence-electron chi connectivity index (χ1n) is 6.84. The van der Waals surface area contributed by atoms with Gasteiger partial charge in [0.15, 0.2) is 0 Å². The first-order valence-corrected chi connectivity index (χ1v) is 7.72. The van der Waals surface area contributed by atoms with Crippen LogP contribution in [0.3, 0.4) is 0 Å². The zero-order chi connectivity index (χ0) is 12.1. The Morgan fingerprint density at radius 3 is 3.00 bits per heavy atom. The van der Waals surface area contributed by atoms with E-state index in [1.54, 1.807) is 10.4 Å². The summed E-state index contributed by atoms with van der Waals surface area (Å²) in [6.45, 7) is 9.23. The van der Waals surface area contributed by atoms with Crippen molar-refractivity contribution < 1.29 is 0 Å². The number of thiophene rings is 1. The molecular formula is C14H24N2S. The van der Waals surface area contributed by atoms with E-state index in [1.165, 1.54) is 32.4 Å². The van der Waals surface area contributed by atoms with Gasteiger partial charge in [-0.25, -0.2) is 0 Å². The van der Waals surface area contributed by atoms with Crippen LogP contribution in [0, 0.1) is 0 Å². The van der Waals surface area contributed by atoms with E-state index >= 15 is 0 Å². The average molecular weight is 252 g/mol. The molecule has 1 aromatic rings. The van der Waals surface area contributed by atoms with Crippen molar-refractivity contribution >= 4 is 11.3 Å².